The number of methoxy groups -OCH3 is 1. The molecule has 0 fully saturated rings. The molecule has 0 aliphatic carbocycles. The zero-order valence-electron chi connectivity index (χ0n) is 14.8. The van der Waals surface area contributed by atoms with E-state index in [1.165, 1.54) is 37.1 Å². The molecule has 1 aromatic heterocycles. The number of nitrogens with zero attached hydrogens (tertiary/aromatic N) is 3. The van der Waals surface area contributed by atoms with Crippen molar-refractivity contribution >= 4 is 49.8 Å². The molecule has 2 rings (SSSR count). The van der Waals surface area contributed by atoms with Crippen molar-refractivity contribution in [3.63, 3.8) is 0 Å². The molecular weight excluding hydrogens is 396 g/mol. The highest BCUT2D eigenvalue weighted by molar-refractivity contribution is 8.01. The molecule has 0 saturated carbocycles. The Balaban J connectivity index is 2.25. The predicted octanol–water partition coefficient (Wildman–Crippen LogP) is 2.45. The second-order valence-electron chi connectivity index (χ2n) is 5.23. The van der Waals surface area contributed by atoms with Crippen LogP contribution >= 0.6 is 23.1 Å². The van der Waals surface area contributed by atoms with E-state index in [2.05, 4.69) is 15.5 Å². The minimum absolute atomic E-state index is 0.330. The van der Waals surface area contributed by atoms with Crippen LogP contribution in [0.5, 0.6) is 5.75 Å². The van der Waals surface area contributed by atoms with Gasteiger partial charge in [0.1, 0.15) is 11.8 Å². The van der Waals surface area contributed by atoms with Gasteiger partial charge in [0, 0.05) is 6.07 Å². The number of carbonyl (C=O) groups is 1. The zero-order valence-corrected chi connectivity index (χ0v) is 17.2. The molecule has 1 amide bonds. The molecule has 8 nitrogen and oxygen atoms in total. The average molecular weight is 417 g/mol. The van der Waals surface area contributed by atoms with Gasteiger partial charge in [-0.25, -0.2) is 8.42 Å². The maximum absolute atomic E-state index is 12.6. The number of amides is 1. The van der Waals surface area contributed by atoms with E-state index in [9.17, 15) is 13.2 Å². The van der Waals surface area contributed by atoms with Crippen molar-refractivity contribution < 1.29 is 17.9 Å². The number of ether oxygens (including phenoxy) is 1. The van der Waals surface area contributed by atoms with Crippen LogP contribution < -0.4 is 14.4 Å². The summed E-state index contributed by atoms with van der Waals surface area (Å²) in [7, 11) is -2.22. The summed E-state index contributed by atoms with van der Waals surface area (Å²) in [6, 6.07) is 5.54. The van der Waals surface area contributed by atoms with Gasteiger partial charge in [-0.15, -0.1) is 10.2 Å². The van der Waals surface area contributed by atoms with Crippen LogP contribution in [-0.4, -0.2) is 49.7 Å². The normalized spacial score (nSPS) is 12.5. The molecule has 26 heavy (non-hydrogen) atoms. The van der Waals surface area contributed by atoms with Crippen LogP contribution in [0.3, 0.4) is 0 Å². The van der Waals surface area contributed by atoms with Gasteiger partial charge < -0.3 is 4.74 Å². The van der Waals surface area contributed by atoms with E-state index >= 15 is 0 Å². The van der Waals surface area contributed by atoms with Crippen LogP contribution in [0, 0.1) is 0 Å². The summed E-state index contributed by atoms with van der Waals surface area (Å²) in [6.07, 6.45) is 1.05. The molecule has 1 atom stereocenters. The van der Waals surface area contributed by atoms with E-state index < -0.39 is 22.0 Å². The number of nitrogens with one attached hydrogen (secondary N) is 1. The number of hydrogen-bond donors (Lipinski definition) is 1. The van der Waals surface area contributed by atoms with E-state index in [1.807, 2.05) is 6.92 Å². The summed E-state index contributed by atoms with van der Waals surface area (Å²) >= 11 is 2.76. The molecule has 0 saturated heterocycles. The first-order chi connectivity index (χ1) is 12.3. The van der Waals surface area contributed by atoms with Crippen molar-refractivity contribution in [2.75, 3.05) is 28.7 Å². The predicted molar refractivity (Wildman–Crippen MR) is 105 cm³/mol. The Kier molecular flexibility index (Phi) is 6.84. The van der Waals surface area contributed by atoms with Gasteiger partial charge in [0.05, 0.1) is 19.1 Å². The van der Waals surface area contributed by atoms with Gasteiger partial charge in [0.25, 0.3) is 0 Å². The topological polar surface area (TPSA) is 101 Å². The summed E-state index contributed by atoms with van der Waals surface area (Å²) in [4.78, 5) is 12.6. The fourth-order valence-corrected chi connectivity index (χ4v) is 5.03. The van der Waals surface area contributed by atoms with Crippen molar-refractivity contribution in [2.45, 2.75) is 24.2 Å². The fourth-order valence-electron chi connectivity index (χ4n) is 2.21. The van der Waals surface area contributed by atoms with Gasteiger partial charge >= 0.3 is 0 Å². The van der Waals surface area contributed by atoms with E-state index in [1.54, 1.807) is 24.3 Å². The van der Waals surface area contributed by atoms with Crippen LogP contribution in [-0.2, 0) is 14.8 Å². The highest BCUT2D eigenvalue weighted by Crippen LogP contribution is 2.27. The highest BCUT2D eigenvalue weighted by atomic mass is 32.2. The van der Waals surface area contributed by atoms with E-state index in [0.29, 0.717) is 16.6 Å². The van der Waals surface area contributed by atoms with Crippen molar-refractivity contribution in [3.8, 4) is 5.75 Å². The van der Waals surface area contributed by atoms with Crippen LogP contribution in [0.15, 0.2) is 28.6 Å². The second-order valence-corrected chi connectivity index (χ2v) is 9.58. The number of benzene rings is 1. The standard InChI is InChI=1S/C15H20N4O4S3/c1-5-24-15-18-17-14(25-15)16-13(20)10(2)19(26(4,21)22)11-7-6-8-12(9-11)23-3/h6-10H,5H2,1-4H3,(H,16,17,20)/t10-/m0/s1. The Hall–Kier alpha value is -1.85. The summed E-state index contributed by atoms with van der Waals surface area (Å²) in [5.74, 6) is 0.841. The minimum atomic E-state index is -3.70. The van der Waals surface area contributed by atoms with Crippen molar-refractivity contribution in [1.29, 1.82) is 0 Å². The molecule has 0 unspecified atom stereocenters. The number of aromatic nitrogens is 2. The van der Waals surface area contributed by atoms with Crippen LogP contribution in [0.4, 0.5) is 10.8 Å². The molecule has 2 aromatic rings. The largest absolute Gasteiger partial charge is 0.497 e. The first-order valence-corrected chi connectivity index (χ1v) is 11.3. The van der Waals surface area contributed by atoms with E-state index in [4.69, 9.17) is 4.74 Å². The van der Waals surface area contributed by atoms with E-state index in [-0.39, 0.29) is 0 Å². The first-order valence-electron chi connectivity index (χ1n) is 7.67. The van der Waals surface area contributed by atoms with Gasteiger partial charge in [0.2, 0.25) is 21.1 Å². The first kappa shape index (κ1) is 20.5. The lowest BCUT2D eigenvalue weighted by Crippen LogP contribution is -2.45. The highest BCUT2D eigenvalue weighted by Gasteiger charge is 2.30. The molecule has 0 spiro atoms. The molecule has 0 aliphatic heterocycles. The zero-order chi connectivity index (χ0) is 19.3. The quantitative estimate of drug-likeness (QED) is 0.521. The summed E-state index contributed by atoms with van der Waals surface area (Å²) in [5.41, 5.74) is 0.342. The molecule has 0 aliphatic rings. The van der Waals surface area contributed by atoms with Crippen molar-refractivity contribution in [1.82, 2.24) is 10.2 Å². The molecule has 0 radical (unpaired) electrons. The van der Waals surface area contributed by atoms with Gasteiger partial charge in [0.15, 0.2) is 4.34 Å². The summed E-state index contributed by atoms with van der Waals surface area (Å²) in [5, 5.41) is 10.8. The molecule has 142 valence electrons. The van der Waals surface area contributed by atoms with Gasteiger partial charge in [-0.05, 0) is 24.8 Å². The lowest BCUT2D eigenvalue weighted by molar-refractivity contribution is -0.116. The number of anilines is 2. The molecule has 1 N–H and O–H groups in total. The second kappa shape index (κ2) is 8.69. The van der Waals surface area contributed by atoms with Crippen LogP contribution in [0.25, 0.3) is 0 Å². The summed E-state index contributed by atoms with van der Waals surface area (Å²) in [6.45, 7) is 3.50. The Morgan fingerprint density at radius 3 is 2.77 bits per heavy atom. The Morgan fingerprint density at radius 2 is 2.15 bits per heavy atom. The lowest BCUT2D eigenvalue weighted by atomic mass is 10.2. The van der Waals surface area contributed by atoms with Crippen LogP contribution in [0.2, 0.25) is 0 Å². The third kappa shape index (κ3) is 5.08. The number of sulfonamides is 1. The fraction of sp³-hybridized carbons (Fsp3) is 0.400. The molecular formula is C15H20N4O4S3. The van der Waals surface area contributed by atoms with Crippen molar-refractivity contribution in [3.05, 3.63) is 24.3 Å². The molecule has 1 aromatic carbocycles. The Labute approximate surface area is 161 Å². The maximum atomic E-state index is 12.6. The SMILES string of the molecule is CCSc1nnc(NC(=O)[C@H](C)N(c2cccc(OC)c2)S(C)(=O)=O)s1. The molecule has 11 heteroatoms. The maximum Gasteiger partial charge on any atom is 0.249 e. The average Bonchev–Trinajstić information content (AvgIpc) is 3.01. The summed E-state index contributed by atoms with van der Waals surface area (Å²) < 4.78 is 31.5. The van der Waals surface area contributed by atoms with Crippen LogP contribution in [0.1, 0.15) is 13.8 Å². The monoisotopic (exact) mass is 416 g/mol. The smallest absolute Gasteiger partial charge is 0.249 e. The Bertz CT molecular complexity index is 869. The van der Waals surface area contributed by atoms with Gasteiger partial charge in [-0.2, -0.15) is 0 Å². The molecule has 0 bridgehead atoms. The number of hydrogen-bond acceptors (Lipinski definition) is 8. The van der Waals surface area contributed by atoms with Gasteiger partial charge in [-0.1, -0.05) is 36.1 Å². The third-order valence-corrected chi connectivity index (χ3v) is 6.40. The van der Waals surface area contributed by atoms with Gasteiger partial charge in [-0.3, -0.25) is 14.4 Å². The number of thioether (sulfide) groups is 1. The van der Waals surface area contributed by atoms with Crippen molar-refractivity contribution in [2.24, 2.45) is 0 Å². The number of rotatable bonds is 8. The lowest BCUT2D eigenvalue weighted by Gasteiger charge is -2.28. The third-order valence-electron chi connectivity index (χ3n) is 3.30. The number of carbonyl (C=O) groups excluding carboxylic acids is 1. The minimum Gasteiger partial charge on any atom is -0.497 e. The Morgan fingerprint density at radius 1 is 1.42 bits per heavy atom. The van der Waals surface area contributed by atoms with E-state index in [0.717, 1.165) is 20.7 Å². The molecule has 1 heterocycles.